The van der Waals surface area contributed by atoms with Gasteiger partial charge in [0.25, 0.3) is 0 Å². The van der Waals surface area contributed by atoms with Crippen LogP contribution in [0, 0.1) is 0 Å². The highest BCUT2D eigenvalue weighted by atomic mass is 35.5. The van der Waals surface area contributed by atoms with Gasteiger partial charge in [0, 0.05) is 31.9 Å². The first-order chi connectivity index (χ1) is 17.7. The summed E-state index contributed by atoms with van der Waals surface area (Å²) >= 11 is 6.32. The minimum atomic E-state index is -3.46. The number of likely N-dealkylation sites (N-methyl/N-ethyl adjacent to an activating group) is 1. The van der Waals surface area contributed by atoms with E-state index in [1.807, 2.05) is 18.2 Å². The number of hydrogen-bond donors (Lipinski definition) is 3. The maximum atomic E-state index is 11.7. The summed E-state index contributed by atoms with van der Waals surface area (Å²) in [4.78, 5) is 22.7. The van der Waals surface area contributed by atoms with Gasteiger partial charge in [0.15, 0.2) is 5.82 Å². The van der Waals surface area contributed by atoms with E-state index in [2.05, 4.69) is 47.2 Å². The van der Waals surface area contributed by atoms with E-state index in [4.69, 9.17) is 16.6 Å². The molecule has 0 amide bonds. The predicted molar refractivity (Wildman–Crippen MR) is 148 cm³/mol. The summed E-state index contributed by atoms with van der Waals surface area (Å²) in [6.07, 6.45) is 4.36. The van der Waals surface area contributed by atoms with Crippen LogP contribution in [0.2, 0.25) is 5.02 Å². The van der Waals surface area contributed by atoms with Crippen molar-refractivity contribution in [3.8, 4) is 0 Å². The molecule has 13 heteroatoms. The third-order valence-electron chi connectivity index (χ3n) is 5.83. The van der Waals surface area contributed by atoms with Gasteiger partial charge in [-0.3, -0.25) is 9.71 Å². The van der Waals surface area contributed by atoms with Gasteiger partial charge in [0.2, 0.25) is 16.0 Å². The summed E-state index contributed by atoms with van der Waals surface area (Å²) in [7, 11) is -1.34. The number of nitrogens with one attached hydrogen (secondary N) is 3. The monoisotopic (exact) mass is 539 g/mol. The molecular formula is C24H26ClN9O2S. The highest BCUT2D eigenvalue weighted by molar-refractivity contribution is 7.92. The smallest absolute Gasteiger partial charge is 0.229 e. The van der Waals surface area contributed by atoms with Crippen molar-refractivity contribution in [1.29, 1.82) is 0 Å². The highest BCUT2D eigenvalue weighted by Crippen LogP contribution is 2.30. The number of para-hydroxylation sites is 2. The Morgan fingerprint density at radius 2 is 1.65 bits per heavy atom. The van der Waals surface area contributed by atoms with E-state index >= 15 is 0 Å². The lowest BCUT2D eigenvalue weighted by Gasteiger charge is -2.33. The lowest BCUT2D eigenvalue weighted by molar-refractivity contribution is 0.312. The molecule has 0 aliphatic carbocycles. The molecule has 11 nitrogen and oxygen atoms in total. The second-order valence-corrected chi connectivity index (χ2v) is 10.9. The average Bonchev–Trinajstić information content (AvgIpc) is 2.86. The van der Waals surface area contributed by atoms with Crippen molar-refractivity contribution in [2.45, 2.75) is 0 Å². The lowest BCUT2D eigenvalue weighted by Crippen LogP contribution is -2.44. The fourth-order valence-electron chi connectivity index (χ4n) is 3.92. The van der Waals surface area contributed by atoms with Crippen LogP contribution in [0.1, 0.15) is 0 Å². The standard InChI is InChI=1S/C24H26ClN9O2S/c1-33-9-11-34(12-10-33)22-15-26-21-13-16(7-8-19(21)29-22)28-24-27-14-17(25)23(31-24)30-18-5-3-4-6-20(18)32-37(2,35)36/h3-8,13-15,32H,9-12H2,1-2H3,(H2,27,28,30,31). The van der Waals surface area contributed by atoms with E-state index in [0.29, 0.717) is 23.1 Å². The van der Waals surface area contributed by atoms with Crippen LogP contribution < -0.4 is 20.3 Å². The Kier molecular flexibility index (Phi) is 6.96. The van der Waals surface area contributed by atoms with E-state index in [1.54, 1.807) is 30.5 Å². The minimum Gasteiger partial charge on any atom is -0.353 e. The summed E-state index contributed by atoms with van der Waals surface area (Å²) in [6.45, 7) is 3.85. The van der Waals surface area contributed by atoms with Crippen LogP contribution >= 0.6 is 11.6 Å². The molecule has 0 atom stereocenters. The number of benzene rings is 2. The van der Waals surface area contributed by atoms with Crippen LogP contribution in [-0.2, 0) is 10.0 Å². The number of rotatable bonds is 7. The zero-order chi connectivity index (χ0) is 26.0. The Hall–Kier alpha value is -3.74. The van der Waals surface area contributed by atoms with Crippen molar-refractivity contribution in [1.82, 2.24) is 24.8 Å². The molecule has 0 bridgehead atoms. The predicted octanol–water partition coefficient (Wildman–Crippen LogP) is 3.68. The van der Waals surface area contributed by atoms with Gasteiger partial charge in [-0.2, -0.15) is 4.98 Å². The molecule has 0 spiro atoms. The SMILES string of the molecule is CN1CCN(c2cnc3cc(Nc4ncc(Cl)c(Nc5ccccc5NS(C)(=O)=O)n4)ccc3n2)CC1. The Labute approximate surface area is 220 Å². The fraction of sp³-hybridized carbons (Fsp3) is 0.250. The van der Waals surface area contributed by atoms with Crippen molar-refractivity contribution in [3.63, 3.8) is 0 Å². The maximum Gasteiger partial charge on any atom is 0.229 e. The summed E-state index contributed by atoms with van der Waals surface area (Å²) in [5, 5.41) is 6.53. The van der Waals surface area contributed by atoms with Crippen LogP contribution in [-0.4, -0.2) is 72.7 Å². The van der Waals surface area contributed by atoms with Gasteiger partial charge >= 0.3 is 0 Å². The van der Waals surface area contributed by atoms with Crippen molar-refractivity contribution >= 4 is 67.3 Å². The van der Waals surface area contributed by atoms with E-state index in [9.17, 15) is 8.42 Å². The molecule has 0 radical (unpaired) electrons. The summed E-state index contributed by atoms with van der Waals surface area (Å²) in [5.41, 5.74) is 3.16. The zero-order valence-electron chi connectivity index (χ0n) is 20.3. The summed E-state index contributed by atoms with van der Waals surface area (Å²) in [6, 6.07) is 12.5. The molecule has 3 N–H and O–H groups in total. The quantitative estimate of drug-likeness (QED) is 0.320. The number of nitrogens with zero attached hydrogens (tertiary/aromatic N) is 6. The fourth-order valence-corrected chi connectivity index (χ4v) is 4.63. The molecule has 1 aliphatic rings. The van der Waals surface area contributed by atoms with Gasteiger partial charge in [-0.05, 0) is 37.4 Å². The number of hydrogen-bond acceptors (Lipinski definition) is 10. The molecule has 3 heterocycles. The van der Waals surface area contributed by atoms with Crippen molar-refractivity contribution in [2.75, 3.05) is 59.7 Å². The molecule has 4 aromatic rings. The van der Waals surface area contributed by atoms with Crippen LogP contribution in [0.25, 0.3) is 11.0 Å². The summed E-state index contributed by atoms with van der Waals surface area (Å²) in [5.74, 6) is 1.50. The second-order valence-electron chi connectivity index (χ2n) is 8.78. The van der Waals surface area contributed by atoms with E-state index < -0.39 is 10.0 Å². The average molecular weight is 540 g/mol. The third-order valence-corrected chi connectivity index (χ3v) is 6.70. The van der Waals surface area contributed by atoms with Gasteiger partial charge in [-0.25, -0.2) is 18.4 Å². The van der Waals surface area contributed by atoms with Crippen LogP contribution in [0.5, 0.6) is 0 Å². The molecule has 0 unspecified atom stereocenters. The lowest BCUT2D eigenvalue weighted by atomic mass is 10.2. The molecule has 0 saturated carbocycles. The first-order valence-electron chi connectivity index (χ1n) is 11.6. The molecule has 1 saturated heterocycles. The highest BCUT2D eigenvalue weighted by Gasteiger charge is 2.16. The molecule has 192 valence electrons. The van der Waals surface area contributed by atoms with Gasteiger partial charge in [-0.15, -0.1) is 0 Å². The van der Waals surface area contributed by atoms with Crippen LogP contribution in [0.15, 0.2) is 54.9 Å². The van der Waals surface area contributed by atoms with Crippen LogP contribution in [0.3, 0.4) is 0 Å². The van der Waals surface area contributed by atoms with E-state index in [1.165, 1.54) is 6.20 Å². The number of halogens is 1. The Balaban J connectivity index is 1.34. The molecule has 37 heavy (non-hydrogen) atoms. The minimum absolute atomic E-state index is 0.278. The first kappa shape index (κ1) is 24.9. The van der Waals surface area contributed by atoms with E-state index in [0.717, 1.165) is 55.0 Å². The Morgan fingerprint density at radius 1 is 0.892 bits per heavy atom. The summed E-state index contributed by atoms with van der Waals surface area (Å²) < 4.78 is 25.9. The molecule has 1 aliphatic heterocycles. The topological polar surface area (TPSA) is 128 Å². The number of aromatic nitrogens is 4. The van der Waals surface area contributed by atoms with E-state index in [-0.39, 0.29) is 5.02 Å². The number of sulfonamides is 1. The normalized spacial score (nSPS) is 14.5. The van der Waals surface area contributed by atoms with Gasteiger partial charge < -0.3 is 20.4 Å². The Bertz CT molecular complexity index is 1540. The van der Waals surface area contributed by atoms with Crippen molar-refractivity contribution in [2.24, 2.45) is 0 Å². The molecule has 1 fully saturated rings. The second kappa shape index (κ2) is 10.3. The van der Waals surface area contributed by atoms with Crippen molar-refractivity contribution < 1.29 is 8.42 Å². The molecular weight excluding hydrogens is 514 g/mol. The maximum absolute atomic E-state index is 11.7. The zero-order valence-corrected chi connectivity index (χ0v) is 21.9. The number of fused-ring (bicyclic) bond motifs is 1. The largest absolute Gasteiger partial charge is 0.353 e. The first-order valence-corrected chi connectivity index (χ1v) is 13.8. The number of anilines is 6. The van der Waals surface area contributed by atoms with Crippen molar-refractivity contribution in [3.05, 3.63) is 59.9 Å². The third kappa shape index (κ3) is 6.16. The molecule has 5 rings (SSSR count). The molecule has 2 aromatic carbocycles. The van der Waals surface area contributed by atoms with Gasteiger partial charge in [0.05, 0.1) is 41.1 Å². The Morgan fingerprint density at radius 3 is 2.41 bits per heavy atom. The van der Waals surface area contributed by atoms with Gasteiger partial charge in [0.1, 0.15) is 10.8 Å². The van der Waals surface area contributed by atoms with Gasteiger partial charge in [-0.1, -0.05) is 23.7 Å². The van der Waals surface area contributed by atoms with Crippen LogP contribution in [0.4, 0.5) is 34.6 Å². The number of piperazine rings is 1. The molecule has 2 aromatic heterocycles.